The van der Waals surface area contributed by atoms with Crippen LogP contribution in [0.1, 0.15) is 11.1 Å². The van der Waals surface area contributed by atoms with Gasteiger partial charge in [-0.2, -0.15) is 0 Å². The summed E-state index contributed by atoms with van der Waals surface area (Å²) < 4.78 is 11.2. The molecule has 0 spiro atoms. The van der Waals surface area contributed by atoms with Gasteiger partial charge in [-0.15, -0.1) is 0 Å². The van der Waals surface area contributed by atoms with Gasteiger partial charge < -0.3 is 19.7 Å². The third-order valence-electron chi connectivity index (χ3n) is 5.07. The Bertz CT molecular complexity index is 993. The average molecular weight is 415 g/mol. The maximum atomic E-state index is 12.2. The number of hydrogen-bond acceptors (Lipinski definition) is 4. The zero-order valence-electron chi connectivity index (χ0n) is 17.4. The van der Waals surface area contributed by atoms with Crippen molar-refractivity contribution in [3.63, 3.8) is 0 Å². The van der Waals surface area contributed by atoms with Gasteiger partial charge in [0.1, 0.15) is 12.4 Å². The number of ether oxygens (including phenoxy) is 2. The summed E-state index contributed by atoms with van der Waals surface area (Å²) in [7, 11) is 0. The van der Waals surface area contributed by atoms with Crippen LogP contribution in [0.2, 0.25) is 0 Å². The van der Waals surface area contributed by atoms with Crippen molar-refractivity contribution in [3.8, 4) is 5.75 Å². The Kier molecular flexibility index (Phi) is 6.98. The van der Waals surface area contributed by atoms with E-state index in [0.29, 0.717) is 6.61 Å². The predicted octanol–water partition coefficient (Wildman–Crippen LogP) is 4.75. The van der Waals surface area contributed by atoms with E-state index >= 15 is 0 Å². The number of benzene rings is 3. The van der Waals surface area contributed by atoms with Crippen molar-refractivity contribution < 1.29 is 14.3 Å². The van der Waals surface area contributed by atoms with Gasteiger partial charge in [0.05, 0.1) is 13.2 Å². The Hall–Kier alpha value is -3.57. The number of nitrogens with zero attached hydrogens (tertiary/aromatic N) is 1. The van der Waals surface area contributed by atoms with Crippen LogP contribution >= 0.6 is 0 Å². The van der Waals surface area contributed by atoms with E-state index in [-0.39, 0.29) is 5.91 Å². The van der Waals surface area contributed by atoms with Gasteiger partial charge in [-0.3, -0.25) is 4.79 Å². The largest absolute Gasteiger partial charge is 0.489 e. The van der Waals surface area contributed by atoms with E-state index < -0.39 is 0 Å². The summed E-state index contributed by atoms with van der Waals surface area (Å²) in [4.78, 5) is 14.5. The molecule has 1 aliphatic heterocycles. The van der Waals surface area contributed by atoms with E-state index in [1.165, 1.54) is 6.08 Å². The fourth-order valence-electron chi connectivity index (χ4n) is 3.35. The highest BCUT2D eigenvalue weighted by molar-refractivity contribution is 6.02. The molecular formula is C26H26N2O3. The monoisotopic (exact) mass is 414 g/mol. The van der Waals surface area contributed by atoms with Gasteiger partial charge in [0.25, 0.3) is 0 Å². The van der Waals surface area contributed by atoms with Crippen LogP contribution in [0.4, 0.5) is 11.4 Å². The highest BCUT2D eigenvalue weighted by atomic mass is 16.5. The second-order valence-electron chi connectivity index (χ2n) is 7.31. The molecule has 1 fully saturated rings. The normalized spacial score (nSPS) is 13.9. The summed E-state index contributed by atoms with van der Waals surface area (Å²) in [6, 6.07) is 25.6. The molecule has 5 nitrogen and oxygen atoms in total. The Balaban J connectivity index is 1.26. The number of carbonyl (C=O) groups excluding carboxylic acids is 1. The summed E-state index contributed by atoms with van der Waals surface area (Å²) in [6.45, 7) is 3.82. The molecule has 1 aliphatic rings. The first kappa shape index (κ1) is 20.7. The minimum atomic E-state index is -0.163. The minimum Gasteiger partial charge on any atom is -0.489 e. The third-order valence-corrected chi connectivity index (χ3v) is 5.07. The number of morpholine rings is 1. The molecule has 0 radical (unpaired) electrons. The third kappa shape index (κ3) is 6.20. The Morgan fingerprint density at radius 2 is 1.65 bits per heavy atom. The van der Waals surface area contributed by atoms with Gasteiger partial charge in [-0.25, -0.2) is 0 Å². The second-order valence-corrected chi connectivity index (χ2v) is 7.31. The second kappa shape index (κ2) is 10.5. The van der Waals surface area contributed by atoms with Gasteiger partial charge in [-0.1, -0.05) is 42.5 Å². The lowest BCUT2D eigenvalue weighted by atomic mass is 10.2. The first-order valence-electron chi connectivity index (χ1n) is 10.4. The van der Waals surface area contributed by atoms with E-state index in [1.807, 2.05) is 78.9 Å². The molecule has 31 heavy (non-hydrogen) atoms. The Labute approximate surface area is 182 Å². The molecule has 0 unspecified atom stereocenters. The number of hydrogen-bond donors (Lipinski definition) is 1. The van der Waals surface area contributed by atoms with Crippen LogP contribution in [0.5, 0.6) is 5.75 Å². The molecule has 0 aromatic heterocycles. The first-order chi connectivity index (χ1) is 15.3. The van der Waals surface area contributed by atoms with Gasteiger partial charge in [0, 0.05) is 30.5 Å². The minimum absolute atomic E-state index is 0.163. The molecule has 4 rings (SSSR count). The SMILES string of the molecule is O=C(C=Cc1ccc(OCc2ccccc2)cc1)Nc1ccc(N2CCOCC2)cc1. The van der Waals surface area contributed by atoms with Crippen molar-refractivity contribution >= 4 is 23.4 Å². The summed E-state index contributed by atoms with van der Waals surface area (Å²) in [6.07, 6.45) is 3.33. The topological polar surface area (TPSA) is 50.8 Å². The Morgan fingerprint density at radius 3 is 2.35 bits per heavy atom. The van der Waals surface area contributed by atoms with Crippen molar-refractivity contribution in [2.24, 2.45) is 0 Å². The van der Waals surface area contributed by atoms with Crippen molar-refractivity contribution in [1.82, 2.24) is 0 Å². The van der Waals surface area contributed by atoms with Crippen LogP contribution in [0.3, 0.4) is 0 Å². The van der Waals surface area contributed by atoms with E-state index in [2.05, 4.69) is 10.2 Å². The summed E-state index contributed by atoms with van der Waals surface area (Å²) >= 11 is 0. The first-order valence-corrected chi connectivity index (χ1v) is 10.4. The molecule has 0 atom stereocenters. The van der Waals surface area contributed by atoms with Crippen molar-refractivity contribution in [3.05, 3.63) is 96.1 Å². The fourth-order valence-corrected chi connectivity index (χ4v) is 3.35. The van der Waals surface area contributed by atoms with Crippen LogP contribution in [-0.2, 0) is 16.1 Å². The number of carbonyl (C=O) groups is 1. The molecule has 0 bridgehead atoms. The molecule has 1 saturated heterocycles. The van der Waals surface area contributed by atoms with Gasteiger partial charge in [0.15, 0.2) is 0 Å². The molecule has 1 heterocycles. The molecule has 0 saturated carbocycles. The molecule has 1 N–H and O–H groups in total. The zero-order chi connectivity index (χ0) is 21.3. The number of amides is 1. The molecule has 3 aromatic carbocycles. The molecule has 158 valence electrons. The smallest absolute Gasteiger partial charge is 0.248 e. The summed E-state index contributed by atoms with van der Waals surface area (Å²) in [5.74, 6) is 0.634. The maximum Gasteiger partial charge on any atom is 0.248 e. The van der Waals surface area contributed by atoms with Gasteiger partial charge in [0.2, 0.25) is 5.91 Å². The number of anilines is 2. The molecule has 1 amide bonds. The van der Waals surface area contributed by atoms with Crippen molar-refractivity contribution in [1.29, 1.82) is 0 Å². The van der Waals surface area contributed by atoms with Crippen LogP contribution in [0, 0.1) is 0 Å². The lowest BCUT2D eigenvalue weighted by Crippen LogP contribution is -2.36. The summed E-state index contributed by atoms with van der Waals surface area (Å²) in [5.41, 5.74) is 3.98. The lowest BCUT2D eigenvalue weighted by molar-refractivity contribution is -0.111. The fraction of sp³-hybridized carbons (Fsp3) is 0.192. The number of nitrogens with one attached hydrogen (secondary N) is 1. The number of rotatable bonds is 7. The quantitative estimate of drug-likeness (QED) is 0.567. The summed E-state index contributed by atoms with van der Waals surface area (Å²) in [5, 5.41) is 2.90. The molecule has 0 aliphatic carbocycles. The predicted molar refractivity (Wildman–Crippen MR) is 124 cm³/mol. The highest BCUT2D eigenvalue weighted by Crippen LogP contribution is 2.19. The molecule has 5 heteroatoms. The van der Waals surface area contributed by atoms with E-state index in [1.54, 1.807) is 6.08 Å². The van der Waals surface area contributed by atoms with Crippen LogP contribution in [0.25, 0.3) is 6.08 Å². The molecular weight excluding hydrogens is 388 g/mol. The van der Waals surface area contributed by atoms with Gasteiger partial charge in [-0.05, 0) is 53.6 Å². The van der Waals surface area contributed by atoms with Crippen molar-refractivity contribution in [2.45, 2.75) is 6.61 Å². The highest BCUT2D eigenvalue weighted by Gasteiger charge is 2.10. The average Bonchev–Trinajstić information content (AvgIpc) is 2.84. The standard InChI is InChI=1S/C26H26N2O3/c29-26(27-23-9-11-24(12-10-23)28-16-18-30-19-17-28)15-8-21-6-13-25(14-7-21)31-20-22-4-2-1-3-5-22/h1-15H,16-20H2,(H,27,29). The van der Waals surface area contributed by atoms with E-state index in [0.717, 1.165) is 54.6 Å². The maximum absolute atomic E-state index is 12.2. The zero-order valence-corrected chi connectivity index (χ0v) is 17.4. The van der Waals surface area contributed by atoms with Crippen LogP contribution in [-0.4, -0.2) is 32.2 Å². The van der Waals surface area contributed by atoms with E-state index in [4.69, 9.17) is 9.47 Å². The van der Waals surface area contributed by atoms with Crippen LogP contribution in [0.15, 0.2) is 84.9 Å². The Morgan fingerprint density at radius 1 is 0.935 bits per heavy atom. The van der Waals surface area contributed by atoms with Crippen molar-refractivity contribution in [2.75, 3.05) is 36.5 Å². The van der Waals surface area contributed by atoms with Crippen LogP contribution < -0.4 is 15.0 Å². The lowest BCUT2D eigenvalue weighted by Gasteiger charge is -2.28. The van der Waals surface area contributed by atoms with Gasteiger partial charge >= 0.3 is 0 Å². The van der Waals surface area contributed by atoms with E-state index in [9.17, 15) is 4.79 Å². The molecule has 3 aromatic rings.